The predicted molar refractivity (Wildman–Crippen MR) is 81.8 cm³/mol. The van der Waals surface area contributed by atoms with Crippen LogP contribution in [0.15, 0.2) is 6.33 Å². The fourth-order valence-corrected chi connectivity index (χ4v) is 2.20. The third kappa shape index (κ3) is 6.48. The molecule has 0 aliphatic rings. The van der Waals surface area contributed by atoms with Crippen molar-refractivity contribution < 1.29 is 4.74 Å². The Labute approximate surface area is 123 Å². The van der Waals surface area contributed by atoms with Crippen molar-refractivity contribution >= 4 is 0 Å². The molecule has 0 amide bonds. The predicted octanol–water partition coefficient (Wildman–Crippen LogP) is 2.27. The van der Waals surface area contributed by atoms with Crippen LogP contribution in [-0.2, 0) is 17.7 Å². The van der Waals surface area contributed by atoms with Crippen LogP contribution in [-0.4, -0.2) is 40.6 Å². The summed E-state index contributed by atoms with van der Waals surface area (Å²) in [5, 5.41) is 7.84. The molecular formula is C15H30N4O. The van der Waals surface area contributed by atoms with Gasteiger partial charge in [0.05, 0.1) is 0 Å². The minimum absolute atomic E-state index is 0.409. The van der Waals surface area contributed by atoms with Gasteiger partial charge in [0.15, 0.2) is 0 Å². The van der Waals surface area contributed by atoms with E-state index in [-0.39, 0.29) is 0 Å². The minimum atomic E-state index is 0.409. The van der Waals surface area contributed by atoms with E-state index in [4.69, 9.17) is 4.74 Å². The summed E-state index contributed by atoms with van der Waals surface area (Å²) in [6.45, 7) is 12.2. The zero-order valence-electron chi connectivity index (χ0n) is 13.4. The van der Waals surface area contributed by atoms with Gasteiger partial charge in [-0.3, -0.25) is 0 Å². The van der Waals surface area contributed by atoms with Crippen LogP contribution in [0.25, 0.3) is 0 Å². The van der Waals surface area contributed by atoms with Gasteiger partial charge in [0, 0.05) is 32.2 Å². The second kappa shape index (κ2) is 9.88. The number of nitrogens with zero attached hydrogens (tertiary/aromatic N) is 3. The van der Waals surface area contributed by atoms with E-state index < -0.39 is 0 Å². The third-order valence-electron chi connectivity index (χ3n) is 3.11. The Morgan fingerprint density at radius 1 is 1.30 bits per heavy atom. The first-order valence-electron chi connectivity index (χ1n) is 7.85. The van der Waals surface area contributed by atoms with Crippen LogP contribution < -0.4 is 5.32 Å². The van der Waals surface area contributed by atoms with Gasteiger partial charge in [-0.25, -0.2) is 9.67 Å². The normalized spacial score (nSPS) is 13.1. The molecule has 116 valence electrons. The second-order valence-electron chi connectivity index (χ2n) is 5.61. The van der Waals surface area contributed by atoms with Gasteiger partial charge in [-0.05, 0) is 25.3 Å². The molecule has 1 aromatic heterocycles. The Bertz CT molecular complexity index is 351. The van der Waals surface area contributed by atoms with E-state index in [1.54, 1.807) is 6.33 Å². The third-order valence-corrected chi connectivity index (χ3v) is 3.11. The lowest BCUT2D eigenvalue weighted by atomic mass is 10.1. The highest BCUT2D eigenvalue weighted by molar-refractivity contribution is 4.90. The highest BCUT2D eigenvalue weighted by atomic mass is 16.5. The quantitative estimate of drug-likeness (QED) is 0.633. The lowest BCUT2D eigenvalue weighted by Gasteiger charge is -2.18. The number of ether oxygens (including phenoxy) is 1. The van der Waals surface area contributed by atoms with Gasteiger partial charge in [-0.2, -0.15) is 5.10 Å². The fourth-order valence-electron chi connectivity index (χ4n) is 2.20. The summed E-state index contributed by atoms with van der Waals surface area (Å²) in [6.07, 6.45) is 4.67. The lowest BCUT2D eigenvalue weighted by molar-refractivity contribution is 0.124. The molecular weight excluding hydrogens is 252 g/mol. The maximum Gasteiger partial charge on any atom is 0.138 e. The van der Waals surface area contributed by atoms with E-state index >= 15 is 0 Å². The molecule has 20 heavy (non-hydrogen) atoms. The zero-order valence-corrected chi connectivity index (χ0v) is 13.4. The zero-order chi connectivity index (χ0) is 14.8. The van der Waals surface area contributed by atoms with Crippen molar-refractivity contribution in [2.45, 2.75) is 59.5 Å². The molecule has 1 aromatic rings. The van der Waals surface area contributed by atoms with Crippen molar-refractivity contribution in [3.05, 3.63) is 12.2 Å². The van der Waals surface area contributed by atoms with Gasteiger partial charge in [0.2, 0.25) is 0 Å². The molecule has 1 heterocycles. The summed E-state index contributed by atoms with van der Waals surface area (Å²) < 4.78 is 7.62. The van der Waals surface area contributed by atoms with Crippen LogP contribution in [0, 0.1) is 5.92 Å². The standard InChI is InChI=1S/C15H30N4O/c1-5-8-20-9-7-14(16-6-2)10-15-17-12-18-19(15)11-13(3)4/h12-14,16H,5-11H2,1-4H3. The molecule has 0 bridgehead atoms. The molecule has 0 radical (unpaired) electrons. The van der Waals surface area contributed by atoms with Crippen LogP contribution >= 0.6 is 0 Å². The molecule has 1 N–H and O–H groups in total. The number of hydrogen-bond donors (Lipinski definition) is 1. The first kappa shape index (κ1) is 17.1. The lowest BCUT2D eigenvalue weighted by Crippen LogP contribution is -2.33. The smallest absolute Gasteiger partial charge is 0.138 e. The molecule has 0 fully saturated rings. The summed E-state index contributed by atoms with van der Waals surface area (Å²) >= 11 is 0. The molecule has 0 aromatic carbocycles. The molecule has 5 heteroatoms. The molecule has 1 unspecified atom stereocenters. The van der Waals surface area contributed by atoms with Gasteiger partial charge >= 0.3 is 0 Å². The van der Waals surface area contributed by atoms with Crippen LogP contribution in [0.5, 0.6) is 0 Å². The number of aromatic nitrogens is 3. The van der Waals surface area contributed by atoms with Crippen LogP contribution in [0.1, 0.15) is 46.4 Å². The molecule has 0 spiro atoms. The maximum absolute atomic E-state index is 5.59. The van der Waals surface area contributed by atoms with Crippen molar-refractivity contribution in [1.82, 2.24) is 20.1 Å². The first-order chi connectivity index (χ1) is 9.67. The van der Waals surface area contributed by atoms with Crippen molar-refractivity contribution in [2.75, 3.05) is 19.8 Å². The Morgan fingerprint density at radius 3 is 2.75 bits per heavy atom. The minimum Gasteiger partial charge on any atom is -0.381 e. The van der Waals surface area contributed by atoms with E-state index in [1.165, 1.54) is 0 Å². The molecule has 0 saturated carbocycles. The highest BCUT2D eigenvalue weighted by Gasteiger charge is 2.13. The number of nitrogens with one attached hydrogen (secondary N) is 1. The number of rotatable bonds is 11. The summed E-state index contributed by atoms with van der Waals surface area (Å²) in [4.78, 5) is 4.41. The molecule has 0 aliphatic heterocycles. The van der Waals surface area contributed by atoms with Gasteiger partial charge < -0.3 is 10.1 Å². The molecule has 5 nitrogen and oxygen atoms in total. The molecule has 1 atom stereocenters. The van der Waals surface area contributed by atoms with Crippen molar-refractivity contribution in [1.29, 1.82) is 0 Å². The van der Waals surface area contributed by atoms with Crippen LogP contribution in [0.4, 0.5) is 0 Å². The van der Waals surface area contributed by atoms with E-state index in [2.05, 4.69) is 43.1 Å². The van der Waals surface area contributed by atoms with E-state index in [0.29, 0.717) is 12.0 Å². The molecule has 0 aliphatic carbocycles. The Hall–Kier alpha value is -0.940. The second-order valence-corrected chi connectivity index (χ2v) is 5.61. The van der Waals surface area contributed by atoms with Gasteiger partial charge in [-0.15, -0.1) is 0 Å². The summed E-state index contributed by atoms with van der Waals surface area (Å²) in [5.74, 6) is 1.65. The molecule has 1 rings (SSSR count). The Morgan fingerprint density at radius 2 is 2.10 bits per heavy atom. The Kier molecular flexibility index (Phi) is 8.46. The highest BCUT2D eigenvalue weighted by Crippen LogP contribution is 2.06. The van der Waals surface area contributed by atoms with Crippen molar-refractivity contribution in [3.63, 3.8) is 0 Å². The monoisotopic (exact) mass is 282 g/mol. The van der Waals surface area contributed by atoms with E-state index in [9.17, 15) is 0 Å². The summed E-state index contributed by atoms with van der Waals surface area (Å²) in [7, 11) is 0. The van der Waals surface area contributed by atoms with Crippen molar-refractivity contribution in [3.8, 4) is 0 Å². The summed E-state index contributed by atoms with van der Waals surface area (Å²) in [5.41, 5.74) is 0. The van der Waals surface area contributed by atoms with Gasteiger partial charge in [0.25, 0.3) is 0 Å². The largest absolute Gasteiger partial charge is 0.381 e. The molecule has 0 saturated heterocycles. The van der Waals surface area contributed by atoms with E-state index in [1.807, 2.05) is 4.68 Å². The number of likely N-dealkylation sites (N-methyl/N-ethyl adjacent to an activating group) is 1. The van der Waals surface area contributed by atoms with E-state index in [0.717, 1.165) is 51.4 Å². The Balaban J connectivity index is 2.49. The van der Waals surface area contributed by atoms with Gasteiger partial charge in [-0.1, -0.05) is 27.7 Å². The van der Waals surface area contributed by atoms with Crippen LogP contribution in [0.2, 0.25) is 0 Å². The SMILES string of the molecule is CCCOCCC(Cc1ncnn1CC(C)C)NCC. The average molecular weight is 282 g/mol. The number of hydrogen-bond acceptors (Lipinski definition) is 4. The average Bonchev–Trinajstić information content (AvgIpc) is 2.81. The topological polar surface area (TPSA) is 52.0 Å². The maximum atomic E-state index is 5.59. The first-order valence-corrected chi connectivity index (χ1v) is 7.85. The van der Waals surface area contributed by atoms with Gasteiger partial charge in [0.1, 0.15) is 12.2 Å². The van der Waals surface area contributed by atoms with Crippen LogP contribution in [0.3, 0.4) is 0 Å². The summed E-state index contributed by atoms with van der Waals surface area (Å²) in [6, 6.07) is 0.409. The van der Waals surface area contributed by atoms with Crippen molar-refractivity contribution in [2.24, 2.45) is 5.92 Å². The fraction of sp³-hybridized carbons (Fsp3) is 0.867.